The number of amides is 3. The molecule has 2 atom stereocenters. The van der Waals surface area contributed by atoms with Gasteiger partial charge >= 0.3 is 6.36 Å². The summed E-state index contributed by atoms with van der Waals surface area (Å²) in [6, 6.07) is 5.78. The van der Waals surface area contributed by atoms with Gasteiger partial charge in [0.25, 0.3) is 11.8 Å². The first kappa shape index (κ1) is 29.2. The molecule has 0 unspecified atom stereocenters. The molecule has 15 heteroatoms. The van der Waals surface area contributed by atoms with E-state index >= 15 is 8.78 Å². The highest BCUT2D eigenvalue weighted by molar-refractivity contribution is 6.04. The van der Waals surface area contributed by atoms with E-state index < -0.39 is 77.2 Å². The normalized spacial score (nSPS) is 16.9. The van der Waals surface area contributed by atoms with Crippen LogP contribution in [-0.4, -0.2) is 48.8 Å². The van der Waals surface area contributed by atoms with Crippen LogP contribution in [0.15, 0.2) is 48.5 Å². The lowest BCUT2D eigenvalue weighted by molar-refractivity contribution is -0.274. The number of hydrogen-bond donors (Lipinski definition) is 2. The van der Waals surface area contributed by atoms with E-state index in [1.807, 2.05) is 0 Å². The molecule has 1 aliphatic rings. The first-order valence-corrected chi connectivity index (χ1v) is 11.7. The Labute approximate surface area is 228 Å². The third-order valence-electron chi connectivity index (χ3n) is 6.00. The van der Waals surface area contributed by atoms with Gasteiger partial charge < -0.3 is 20.1 Å². The van der Waals surface area contributed by atoms with Crippen LogP contribution in [0.5, 0.6) is 11.5 Å². The van der Waals surface area contributed by atoms with Gasteiger partial charge in [0.1, 0.15) is 35.0 Å². The molecule has 1 fully saturated rings. The molecule has 9 nitrogen and oxygen atoms in total. The maximum absolute atomic E-state index is 15.1. The summed E-state index contributed by atoms with van der Waals surface area (Å²) in [5, 5.41) is 4.66. The van der Waals surface area contributed by atoms with Gasteiger partial charge in [-0.25, -0.2) is 18.2 Å². The molecular weight excluding hydrogens is 562 g/mol. The number of carbonyl (C=O) groups is 3. The smallest absolute Gasteiger partial charge is 0.497 e. The number of pyridine rings is 1. The van der Waals surface area contributed by atoms with Crippen molar-refractivity contribution < 1.29 is 50.2 Å². The minimum absolute atomic E-state index is 0.117. The fraction of sp³-hybridized carbons (Fsp3) is 0.231. The second-order valence-electron chi connectivity index (χ2n) is 8.77. The number of hydrogen-bond acceptors (Lipinski definition) is 6. The van der Waals surface area contributed by atoms with Gasteiger partial charge in [-0.1, -0.05) is 0 Å². The number of rotatable bonds is 7. The van der Waals surface area contributed by atoms with E-state index in [0.29, 0.717) is 0 Å². The molecule has 0 aliphatic carbocycles. The number of nitrogens with one attached hydrogen (secondary N) is 2. The number of benzene rings is 2. The van der Waals surface area contributed by atoms with Crippen LogP contribution in [-0.2, 0) is 9.59 Å². The van der Waals surface area contributed by atoms with Crippen molar-refractivity contribution in [2.24, 2.45) is 0 Å². The van der Waals surface area contributed by atoms with Crippen LogP contribution in [0, 0.1) is 17.5 Å². The van der Waals surface area contributed by atoms with Crippen molar-refractivity contribution in [1.82, 2.24) is 10.3 Å². The Morgan fingerprint density at radius 3 is 2.17 bits per heavy atom. The van der Waals surface area contributed by atoms with Gasteiger partial charge in [-0.15, -0.1) is 13.2 Å². The first-order chi connectivity index (χ1) is 19.3. The predicted molar refractivity (Wildman–Crippen MR) is 131 cm³/mol. The Morgan fingerprint density at radius 2 is 1.61 bits per heavy atom. The zero-order valence-electron chi connectivity index (χ0n) is 21.2. The number of methoxy groups -OCH3 is 1. The first-order valence-electron chi connectivity index (χ1n) is 11.7. The maximum atomic E-state index is 15.1. The average molecular weight is 582 g/mol. The molecule has 1 saturated heterocycles. The molecule has 0 bridgehead atoms. The third kappa shape index (κ3) is 6.50. The Balaban J connectivity index is 1.71. The predicted octanol–water partition coefficient (Wildman–Crippen LogP) is 4.29. The minimum atomic E-state index is -4.97. The zero-order chi connectivity index (χ0) is 30.1. The van der Waals surface area contributed by atoms with Crippen molar-refractivity contribution >= 4 is 29.4 Å². The molecule has 3 aromatic rings. The summed E-state index contributed by atoms with van der Waals surface area (Å²) in [5.41, 5.74) is -0.823. The second kappa shape index (κ2) is 11.3. The van der Waals surface area contributed by atoms with E-state index in [4.69, 9.17) is 4.74 Å². The second-order valence-corrected chi connectivity index (χ2v) is 8.77. The fourth-order valence-electron chi connectivity index (χ4n) is 4.28. The molecule has 0 spiro atoms. The van der Waals surface area contributed by atoms with Crippen LogP contribution in [0.3, 0.4) is 0 Å². The fourth-order valence-corrected chi connectivity index (χ4v) is 4.28. The monoisotopic (exact) mass is 582 g/mol. The molecule has 0 radical (unpaired) electrons. The minimum Gasteiger partial charge on any atom is -0.497 e. The van der Waals surface area contributed by atoms with Crippen LogP contribution < -0.4 is 25.0 Å². The molecule has 3 amide bonds. The molecular formula is C26H20F6N4O5. The van der Waals surface area contributed by atoms with Gasteiger partial charge in [0.15, 0.2) is 11.6 Å². The van der Waals surface area contributed by atoms with Crippen LogP contribution >= 0.6 is 0 Å². The molecule has 0 saturated carbocycles. The Hall–Kier alpha value is -4.82. The highest BCUT2D eigenvalue weighted by atomic mass is 19.4. The number of anilines is 2. The standard InChI is InChI=1S/C26H20F6N4O5/c1-12(37)33-20-8-7-17(27)23(34-20)36-11-16(21-18(28)9-15(40-2)10-19(21)29)22(25(36)39)35-24(38)13-3-5-14(6-4-13)41-26(30,31)32/h3-10,16,22H,11H2,1-2H3,(H,35,38)(H,33,34,37)/t16-,22-/m0/s1. The summed E-state index contributed by atoms with van der Waals surface area (Å²) >= 11 is 0. The topological polar surface area (TPSA) is 110 Å². The molecule has 216 valence electrons. The van der Waals surface area contributed by atoms with Crippen molar-refractivity contribution in [3.05, 3.63) is 77.1 Å². The van der Waals surface area contributed by atoms with Crippen molar-refractivity contribution in [2.45, 2.75) is 25.2 Å². The van der Waals surface area contributed by atoms with Crippen molar-refractivity contribution in [3.63, 3.8) is 0 Å². The lowest BCUT2D eigenvalue weighted by Gasteiger charge is -2.20. The van der Waals surface area contributed by atoms with E-state index in [9.17, 15) is 31.9 Å². The van der Waals surface area contributed by atoms with E-state index in [2.05, 4.69) is 20.4 Å². The number of ether oxygens (including phenoxy) is 2. The summed E-state index contributed by atoms with van der Waals surface area (Å²) in [5.74, 6) is -8.65. The summed E-state index contributed by atoms with van der Waals surface area (Å²) in [7, 11) is 1.18. The van der Waals surface area contributed by atoms with E-state index in [1.165, 1.54) is 14.0 Å². The summed E-state index contributed by atoms with van der Waals surface area (Å²) in [6.45, 7) is 0.625. The van der Waals surface area contributed by atoms with E-state index in [0.717, 1.165) is 53.4 Å². The Morgan fingerprint density at radius 1 is 0.976 bits per heavy atom. The molecule has 1 aromatic heterocycles. The van der Waals surface area contributed by atoms with Crippen LogP contribution in [0.25, 0.3) is 0 Å². The van der Waals surface area contributed by atoms with Crippen molar-refractivity contribution in [3.8, 4) is 11.5 Å². The number of alkyl halides is 3. The molecule has 1 aliphatic heterocycles. The largest absolute Gasteiger partial charge is 0.573 e. The van der Waals surface area contributed by atoms with Crippen molar-refractivity contribution in [1.29, 1.82) is 0 Å². The molecule has 41 heavy (non-hydrogen) atoms. The van der Waals surface area contributed by atoms with Crippen molar-refractivity contribution in [2.75, 3.05) is 23.9 Å². The highest BCUT2D eigenvalue weighted by Gasteiger charge is 2.46. The average Bonchev–Trinajstić information content (AvgIpc) is 3.19. The number of carbonyl (C=O) groups excluding carboxylic acids is 3. The molecule has 2 heterocycles. The Kier molecular flexibility index (Phi) is 8.07. The lowest BCUT2D eigenvalue weighted by atomic mass is 9.92. The van der Waals surface area contributed by atoms with Gasteiger partial charge in [-0.05, 0) is 36.4 Å². The number of aromatic nitrogens is 1. The van der Waals surface area contributed by atoms with Crippen LogP contribution in [0.2, 0.25) is 0 Å². The van der Waals surface area contributed by atoms with E-state index in [-0.39, 0.29) is 17.1 Å². The molecule has 4 rings (SSSR count). The molecule has 2 N–H and O–H groups in total. The number of nitrogens with zero attached hydrogens (tertiary/aromatic N) is 2. The van der Waals surface area contributed by atoms with Gasteiger partial charge in [0.2, 0.25) is 5.91 Å². The summed E-state index contributed by atoms with van der Waals surface area (Å²) in [4.78, 5) is 42.6. The van der Waals surface area contributed by atoms with Gasteiger partial charge in [0.05, 0.1) is 7.11 Å². The third-order valence-corrected chi connectivity index (χ3v) is 6.00. The maximum Gasteiger partial charge on any atom is 0.573 e. The zero-order valence-corrected chi connectivity index (χ0v) is 21.2. The van der Waals surface area contributed by atoms with Gasteiger partial charge in [-0.3, -0.25) is 19.3 Å². The van der Waals surface area contributed by atoms with Crippen LogP contribution in [0.4, 0.5) is 38.0 Å². The summed E-state index contributed by atoms with van der Waals surface area (Å²) < 4.78 is 91.0. The van der Waals surface area contributed by atoms with E-state index in [1.54, 1.807) is 0 Å². The lowest BCUT2D eigenvalue weighted by Crippen LogP contribution is -2.44. The molecule has 2 aromatic carbocycles. The SMILES string of the molecule is COc1cc(F)c([C@@H]2CN(c3nc(NC(C)=O)ccc3F)C(=O)[C@H]2NC(=O)c2ccc(OC(F)(F)F)cc2)c(F)c1. The summed E-state index contributed by atoms with van der Waals surface area (Å²) in [6.07, 6.45) is -4.97. The quantitative estimate of drug-likeness (QED) is 0.403. The number of halogens is 6. The van der Waals surface area contributed by atoms with Gasteiger partial charge in [0, 0.05) is 42.6 Å². The Bertz CT molecular complexity index is 1480. The van der Waals surface area contributed by atoms with Crippen LogP contribution in [0.1, 0.15) is 28.8 Å². The van der Waals surface area contributed by atoms with Gasteiger partial charge in [-0.2, -0.15) is 0 Å². The highest BCUT2D eigenvalue weighted by Crippen LogP contribution is 2.37.